The Morgan fingerprint density at radius 2 is 1.36 bits per heavy atom. The van der Waals surface area contributed by atoms with E-state index in [2.05, 4.69) is 6.07 Å². The highest BCUT2D eigenvalue weighted by atomic mass is 16.5. The van der Waals surface area contributed by atoms with Gasteiger partial charge in [-0.2, -0.15) is 0 Å². The summed E-state index contributed by atoms with van der Waals surface area (Å²) in [6.45, 7) is 7.96. The number of rotatable bonds is 4. The molecule has 0 aliphatic rings. The van der Waals surface area contributed by atoms with Crippen LogP contribution >= 0.6 is 0 Å². The number of hydrogen-bond acceptors (Lipinski definition) is 2. The van der Waals surface area contributed by atoms with Gasteiger partial charge < -0.3 is 9.47 Å². The lowest BCUT2D eigenvalue weighted by atomic mass is 10.3. The third-order valence-electron chi connectivity index (χ3n) is 1.47. The molecule has 1 radical (unpaired) electrons. The summed E-state index contributed by atoms with van der Waals surface area (Å²) in [4.78, 5) is 0. The minimum atomic E-state index is 0.167. The van der Waals surface area contributed by atoms with Gasteiger partial charge in [0.2, 0.25) is 0 Å². The highest BCUT2D eigenvalue weighted by molar-refractivity contribution is 5.31. The molecular formula is C12H17O2. The summed E-state index contributed by atoms with van der Waals surface area (Å²) in [6.07, 6.45) is 0.334. The molecule has 0 amide bonds. The van der Waals surface area contributed by atoms with Crippen LogP contribution in [-0.2, 0) is 0 Å². The van der Waals surface area contributed by atoms with E-state index in [-0.39, 0.29) is 12.2 Å². The Kier molecular flexibility index (Phi) is 3.81. The maximum Gasteiger partial charge on any atom is 0.131 e. The van der Waals surface area contributed by atoms with Gasteiger partial charge in [-0.25, -0.2) is 0 Å². The van der Waals surface area contributed by atoms with Gasteiger partial charge in [-0.1, -0.05) is 6.07 Å². The van der Waals surface area contributed by atoms with Crippen LogP contribution < -0.4 is 9.47 Å². The normalized spacial score (nSPS) is 10.7. The van der Waals surface area contributed by atoms with E-state index in [0.29, 0.717) is 0 Å². The molecule has 0 fully saturated rings. The van der Waals surface area contributed by atoms with E-state index in [1.54, 1.807) is 0 Å². The number of benzene rings is 1. The molecule has 0 N–H and O–H groups in total. The van der Waals surface area contributed by atoms with Gasteiger partial charge in [-0.3, -0.25) is 0 Å². The summed E-state index contributed by atoms with van der Waals surface area (Å²) in [6, 6.07) is 8.74. The molecule has 14 heavy (non-hydrogen) atoms. The second-order valence-electron chi connectivity index (χ2n) is 3.71. The van der Waals surface area contributed by atoms with Crippen molar-refractivity contribution >= 4 is 0 Å². The summed E-state index contributed by atoms with van der Waals surface area (Å²) in [5, 5.41) is 0. The Balaban J connectivity index is 2.68. The zero-order valence-corrected chi connectivity index (χ0v) is 9.20. The van der Waals surface area contributed by atoms with E-state index in [0.717, 1.165) is 11.5 Å². The first kappa shape index (κ1) is 10.9. The Hall–Kier alpha value is -1.18. The van der Waals surface area contributed by atoms with Gasteiger partial charge in [0.25, 0.3) is 0 Å². The van der Waals surface area contributed by atoms with Gasteiger partial charge in [-0.05, 0) is 39.8 Å². The molecule has 1 aromatic carbocycles. The van der Waals surface area contributed by atoms with Crippen molar-refractivity contribution in [3.63, 3.8) is 0 Å². The van der Waals surface area contributed by atoms with E-state index >= 15 is 0 Å². The Morgan fingerprint density at radius 3 is 1.71 bits per heavy atom. The summed E-state index contributed by atoms with van der Waals surface area (Å²) < 4.78 is 11.0. The van der Waals surface area contributed by atoms with Crippen LogP contribution in [0.3, 0.4) is 0 Å². The van der Waals surface area contributed by atoms with Crippen LogP contribution in [0.1, 0.15) is 27.7 Å². The third-order valence-corrected chi connectivity index (χ3v) is 1.47. The molecule has 0 bridgehead atoms. The molecule has 0 saturated heterocycles. The van der Waals surface area contributed by atoms with Gasteiger partial charge >= 0.3 is 0 Å². The van der Waals surface area contributed by atoms with E-state index < -0.39 is 0 Å². The predicted molar refractivity (Wildman–Crippen MR) is 56.8 cm³/mol. The second kappa shape index (κ2) is 4.89. The summed E-state index contributed by atoms with van der Waals surface area (Å²) >= 11 is 0. The van der Waals surface area contributed by atoms with Crippen LogP contribution in [0.5, 0.6) is 11.5 Å². The van der Waals surface area contributed by atoms with Gasteiger partial charge in [0.1, 0.15) is 11.5 Å². The predicted octanol–water partition coefficient (Wildman–Crippen LogP) is 3.06. The molecule has 0 heterocycles. The summed E-state index contributed by atoms with van der Waals surface area (Å²) in [5.41, 5.74) is 0. The molecule has 0 unspecified atom stereocenters. The zero-order chi connectivity index (χ0) is 10.6. The van der Waals surface area contributed by atoms with Crippen molar-refractivity contribution in [1.29, 1.82) is 0 Å². The Bertz CT molecular complexity index is 254. The fourth-order valence-electron chi connectivity index (χ4n) is 1.07. The monoisotopic (exact) mass is 193 g/mol. The van der Waals surface area contributed by atoms with E-state index in [1.807, 2.05) is 45.9 Å². The van der Waals surface area contributed by atoms with Gasteiger partial charge in [0.15, 0.2) is 0 Å². The van der Waals surface area contributed by atoms with Crippen LogP contribution in [0.15, 0.2) is 18.2 Å². The number of hydrogen-bond donors (Lipinski definition) is 0. The standard InChI is InChI=1S/C12H17O2/c1-9(2)13-11-6-5-7-12(8-11)14-10(3)4/h5-7,9-10H,1-4H3. The van der Waals surface area contributed by atoms with Crippen molar-refractivity contribution in [2.24, 2.45) is 0 Å². The third kappa shape index (κ3) is 3.69. The largest absolute Gasteiger partial charge is 0.490 e. The minimum absolute atomic E-state index is 0.167. The summed E-state index contributed by atoms with van der Waals surface area (Å²) in [7, 11) is 0. The first-order chi connectivity index (χ1) is 6.58. The van der Waals surface area contributed by atoms with Gasteiger partial charge in [0.05, 0.1) is 18.3 Å². The molecule has 1 aromatic rings. The fourth-order valence-corrected chi connectivity index (χ4v) is 1.07. The van der Waals surface area contributed by atoms with Crippen molar-refractivity contribution in [3.05, 3.63) is 24.3 Å². The van der Waals surface area contributed by atoms with Crippen molar-refractivity contribution in [1.82, 2.24) is 0 Å². The average Bonchev–Trinajstić information content (AvgIpc) is 2.01. The lowest BCUT2D eigenvalue weighted by molar-refractivity contribution is 0.228. The maximum atomic E-state index is 5.50. The Labute approximate surface area is 85.8 Å². The quantitative estimate of drug-likeness (QED) is 0.731. The van der Waals surface area contributed by atoms with E-state index in [4.69, 9.17) is 9.47 Å². The second-order valence-corrected chi connectivity index (χ2v) is 3.71. The van der Waals surface area contributed by atoms with E-state index in [9.17, 15) is 0 Å². The number of ether oxygens (including phenoxy) is 2. The molecular weight excluding hydrogens is 176 g/mol. The molecule has 0 aromatic heterocycles. The summed E-state index contributed by atoms with van der Waals surface area (Å²) in [5.74, 6) is 1.47. The molecule has 0 aliphatic heterocycles. The van der Waals surface area contributed by atoms with Crippen molar-refractivity contribution in [2.75, 3.05) is 0 Å². The van der Waals surface area contributed by atoms with Gasteiger partial charge in [-0.15, -0.1) is 0 Å². The lowest BCUT2D eigenvalue weighted by Crippen LogP contribution is -2.08. The molecule has 0 spiro atoms. The zero-order valence-electron chi connectivity index (χ0n) is 9.20. The van der Waals surface area contributed by atoms with Crippen molar-refractivity contribution in [2.45, 2.75) is 39.9 Å². The van der Waals surface area contributed by atoms with E-state index in [1.165, 1.54) is 0 Å². The average molecular weight is 193 g/mol. The van der Waals surface area contributed by atoms with Crippen LogP contribution in [0, 0.1) is 6.07 Å². The smallest absolute Gasteiger partial charge is 0.131 e. The molecule has 0 atom stereocenters. The topological polar surface area (TPSA) is 18.5 Å². The first-order valence-electron chi connectivity index (χ1n) is 4.93. The van der Waals surface area contributed by atoms with Crippen LogP contribution in [0.25, 0.3) is 0 Å². The van der Waals surface area contributed by atoms with Gasteiger partial charge in [0, 0.05) is 0 Å². The minimum Gasteiger partial charge on any atom is -0.490 e. The van der Waals surface area contributed by atoms with Crippen molar-refractivity contribution in [3.8, 4) is 11.5 Å². The van der Waals surface area contributed by atoms with Crippen molar-refractivity contribution < 1.29 is 9.47 Å². The highest BCUT2D eigenvalue weighted by Crippen LogP contribution is 2.20. The Morgan fingerprint density at radius 1 is 0.929 bits per heavy atom. The molecule has 77 valence electrons. The highest BCUT2D eigenvalue weighted by Gasteiger charge is 2.02. The SMILES string of the molecule is CC(C)Oc1[c]c(OC(C)C)ccc1. The van der Waals surface area contributed by atoms with Crippen LogP contribution in [-0.4, -0.2) is 12.2 Å². The van der Waals surface area contributed by atoms with Crippen LogP contribution in [0.4, 0.5) is 0 Å². The molecule has 2 heteroatoms. The molecule has 0 saturated carbocycles. The molecule has 2 nitrogen and oxygen atoms in total. The lowest BCUT2D eigenvalue weighted by Gasteiger charge is -2.12. The van der Waals surface area contributed by atoms with Crippen LogP contribution in [0.2, 0.25) is 0 Å². The molecule has 0 aliphatic carbocycles. The molecule has 1 rings (SSSR count). The first-order valence-corrected chi connectivity index (χ1v) is 4.93. The maximum absolute atomic E-state index is 5.50. The fraction of sp³-hybridized carbons (Fsp3) is 0.500.